The molecule has 4 atom stereocenters. The maximum atomic E-state index is 11.8. The van der Waals surface area contributed by atoms with E-state index in [0.717, 1.165) is 0 Å². The van der Waals surface area contributed by atoms with Gasteiger partial charge in [0.15, 0.2) is 0 Å². The number of carboxylic acid groups (broad SMARTS) is 1. The smallest absolute Gasteiger partial charge is 0.322 e. The highest BCUT2D eigenvalue weighted by Gasteiger charge is 2.26. The van der Waals surface area contributed by atoms with Crippen molar-refractivity contribution in [2.24, 2.45) is 5.73 Å². The van der Waals surface area contributed by atoms with E-state index < -0.39 is 66.9 Å². The number of carboxylic acids is 1. The maximum Gasteiger partial charge on any atom is 0.322 e. The van der Waals surface area contributed by atoms with Gasteiger partial charge in [0.05, 0.1) is 18.7 Å². The quantitative estimate of drug-likeness (QED) is 0.200. The second-order valence-electron chi connectivity index (χ2n) is 5.63. The van der Waals surface area contributed by atoms with Crippen molar-refractivity contribution in [1.82, 2.24) is 21.3 Å². The molecular formula is C14H25N5O7. The van der Waals surface area contributed by atoms with E-state index in [0.29, 0.717) is 0 Å². The van der Waals surface area contributed by atoms with Crippen molar-refractivity contribution in [1.29, 1.82) is 0 Å². The van der Waals surface area contributed by atoms with Gasteiger partial charge in [-0.2, -0.15) is 0 Å². The molecule has 0 rings (SSSR count). The maximum absolute atomic E-state index is 11.8. The fourth-order valence-corrected chi connectivity index (χ4v) is 1.63. The summed E-state index contributed by atoms with van der Waals surface area (Å²) in [5.41, 5.74) is 5.36. The van der Waals surface area contributed by atoms with E-state index in [4.69, 9.17) is 10.8 Å². The molecule has 0 aromatic carbocycles. The van der Waals surface area contributed by atoms with Crippen LogP contribution in [0.15, 0.2) is 0 Å². The molecule has 0 radical (unpaired) electrons. The minimum absolute atomic E-state index is 0.521. The average molecular weight is 375 g/mol. The van der Waals surface area contributed by atoms with E-state index in [1.807, 2.05) is 5.32 Å². The molecule has 0 aromatic heterocycles. The molecule has 8 N–H and O–H groups in total. The Morgan fingerprint density at radius 1 is 0.885 bits per heavy atom. The summed E-state index contributed by atoms with van der Waals surface area (Å²) in [6.45, 7) is 2.87. The Hall–Kier alpha value is -2.73. The molecule has 0 aliphatic rings. The van der Waals surface area contributed by atoms with Crippen molar-refractivity contribution in [3.8, 4) is 0 Å². The molecule has 0 aliphatic heterocycles. The fourth-order valence-electron chi connectivity index (χ4n) is 1.63. The predicted octanol–water partition coefficient (Wildman–Crippen LogP) is -3.98. The van der Waals surface area contributed by atoms with Crippen molar-refractivity contribution in [3.63, 3.8) is 0 Å². The molecule has 0 aliphatic carbocycles. The molecule has 0 aromatic rings. The first-order chi connectivity index (χ1) is 12.0. The molecular weight excluding hydrogens is 350 g/mol. The Bertz CT molecular complexity index is 550. The lowest BCUT2D eigenvalue weighted by atomic mass is 10.1. The van der Waals surface area contributed by atoms with Crippen LogP contribution in [0.2, 0.25) is 0 Å². The topological polar surface area (TPSA) is 200 Å². The summed E-state index contributed by atoms with van der Waals surface area (Å²) in [4.78, 5) is 57.2. The molecule has 148 valence electrons. The van der Waals surface area contributed by atoms with Gasteiger partial charge in [-0.05, 0) is 20.8 Å². The summed E-state index contributed by atoms with van der Waals surface area (Å²) in [5, 5.41) is 26.8. The zero-order valence-corrected chi connectivity index (χ0v) is 14.7. The van der Waals surface area contributed by atoms with E-state index in [9.17, 15) is 29.1 Å². The third-order valence-electron chi connectivity index (χ3n) is 3.08. The van der Waals surface area contributed by atoms with Crippen LogP contribution in [0.3, 0.4) is 0 Å². The summed E-state index contributed by atoms with van der Waals surface area (Å²) in [6.07, 6.45) is -1.30. The lowest BCUT2D eigenvalue weighted by Gasteiger charge is -2.21. The van der Waals surface area contributed by atoms with Gasteiger partial charge in [-0.25, -0.2) is 0 Å². The van der Waals surface area contributed by atoms with Crippen LogP contribution < -0.4 is 27.0 Å². The van der Waals surface area contributed by atoms with Gasteiger partial charge >= 0.3 is 5.97 Å². The van der Waals surface area contributed by atoms with Crippen LogP contribution in [-0.4, -0.2) is 77.1 Å². The van der Waals surface area contributed by atoms with E-state index in [2.05, 4.69) is 16.0 Å². The van der Waals surface area contributed by atoms with Crippen molar-refractivity contribution in [2.75, 3.05) is 13.1 Å². The minimum Gasteiger partial charge on any atom is -0.480 e. The van der Waals surface area contributed by atoms with Crippen molar-refractivity contribution >= 4 is 29.6 Å². The zero-order valence-electron chi connectivity index (χ0n) is 14.7. The molecule has 0 spiro atoms. The molecule has 12 heteroatoms. The molecule has 0 unspecified atom stereocenters. The van der Waals surface area contributed by atoms with Crippen LogP contribution in [0.25, 0.3) is 0 Å². The van der Waals surface area contributed by atoms with Gasteiger partial charge in [-0.15, -0.1) is 0 Å². The number of aliphatic hydroxyl groups excluding tert-OH is 1. The standard InChI is InChI=1S/C14H25N5O7/c1-6(15)12(24)18-7(2)13(25)16-4-9(21)19-11(8(3)20)14(26)17-5-10(22)23/h6-8,11,20H,4-5,15H2,1-3H3,(H,16,25)(H,17,26)(H,18,24)(H,19,21)(H,22,23)/t6-,7-,8+,11-/m0/s1. The molecule has 0 saturated heterocycles. The summed E-state index contributed by atoms with van der Waals surface area (Å²) in [7, 11) is 0. The van der Waals surface area contributed by atoms with Crippen LogP contribution in [0.4, 0.5) is 0 Å². The number of rotatable bonds is 10. The lowest BCUT2D eigenvalue weighted by molar-refractivity contribution is -0.139. The minimum atomic E-state index is -1.39. The predicted molar refractivity (Wildman–Crippen MR) is 88.5 cm³/mol. The summed E-state index contributed by atoms with van der Waals surface area (Å²) in [5.74, 6) is -4.16. The summed E-state index contributed by atoms with van der Waals surface area (Å²) in [6, 6.07) is -3.13. The molecule has 26 heavy (non-hydrogen) atoms. The lowest BCUT2D eigenvalue weighted by Crippen LogP contribution is -2.56. The number of aliphatic hydroxyl groups is 1. The van der Waals surface area contributed by atoms with E-state index in [1.165, 1.54) is 20.8 Å². The Kier molecular flexibility index (Phi) is 9.84. The fraction of sp³-hybridized carbons (Fsp3) is 0.643. The molecule has 0 saturated carbocycles. The third-order valence-corrected chi connectivity index (χ3v) is 3.08. The van der Waals surface area contributed by atoms with Crippen LogP contribution in [0.5, 0.6) is 0 Å². The number of aliphatic carboxylic acids is 1. The van der Waals surface area contributed by atoms with Gasteiger partial charge in [0.25, 0.3) is 0 Å². The normalized spacial score (nSPS) is 15.0. The number of hydrogen-bond acceptors (Lipinski definition) is 7. The van der Waals surface area contributed by atoms with Crippen molar-refractivity contribution in [3.05, 3.63) is 0 Å². The first-order valence-electron chi connectivity index (χ1n) is 7.76. The number of nitrogens with two attached hydrogens (primary N) is 1. The first kappa shape index (κ1) is 23.3. The third kappa shape index (κ3) is 8.94. The zero-order chi connectivity index (χ0) is 20.4. The second-order valence-corrected chi connectivity index (χ2v) is 5.63. The summed E-state index contributed by atoms with van der Waals surface area (Å²) >= 11 is 0. The highest BCUT2D eigenvalue weighted by atomic mass is 16.4. The van der Waals surface area contributed by atoms with Crippen LogP contribution >= 0.6 is 0 Å². The molecule has 12 nitrogen and oxygen atoms in total. The second kappa shape index (κ2) is 11.0. The van der Waals surface area contributed by atoms with Crippen LogP contribution in [-0.2, 0) is 24.0 Å². The van der Waals surface area contributed by atoms with Crippen LogP contribution in [0, 0.1) is 0 Å². The number of nitrogens with one attached hydrogen (secondary N) is 4. The largest absolute Gasteiger partial charge is 0.480 e. The van der Waals surface area contributed by atoms with Gasteiger partial charge in [-0.1, -0.05) is 0 Å². The van der Waals surface area contributed by atoms with Gasteiger partial charge in [0, 0.05) is 0 Å². The van der Waals surface area contributed by atoms with E-state index in [-0.39, 0.29) is 0 Å². The molecule has 4 amide bonds. The van der Waals surface area contributed by atoms with Gasteiger partial charge < -0.3 is 37.2 Å². The van der Waals surface area contributed by atoms with Crippen molar-refractivity contribution in [2.45, 2.75) is 45.0 Å². The van der Waals surface area contributed by atoms with E-state index >= 15 is 0 Å². The average Bonchev–Trinajstić information content (AvgIpc) is 2.54. The van der Waals surface area contributed by atoms with E-state index in [1.54, 1.807) is 0 Å². The molecule has 0 heterocycles. The first-order valence-corrected chi connectivity index (χ1v) is 7.76. The van der Waals surface area contributed by atoms with Crippen LogP contribution in [0.1, 0.15) is 20.8 Å². The van der Waals surface area contributed by atoms with Crippen molar-refractivity contribution < 1.29 is 34.2 Å². The molecule has 0 bridgehead atoms. The van der Waals surface area contributed by atoms with Gasteiger partial charge in [-0.3, -0.25) is 24.0 Å². The number of carbonyl (C=O) groups excluding carboxylic acids is 4. The summed E-state index contributed by atoms with van der Waals surface area (Å²) < 4.78 is 0. The Balaban J connectivity index is 4.51. The van der Waals surface area contributed by atoms with Gasteiger partial charge in [0.2, 0.25) is 23.6 Å². The highest BCUT2D eigenvalue weighted by Crippen LogP contribution is 1.93. The monoisotopic (exact) mass is 375 g/mol. The number of amides is 4. The highest BCUT2D eigenvalue weighted by molar-refractivity contribution is 5.93. The number of hydrogen-bond donors (Lipinski definition) is 7. The molecule has 0 fully saturated rings. The SMILES string of the molecule is C[C@H](N)C(=O)N[C@@H](C)C(=O)NCC(=O)N[C@H](C(=O)NCC(=O)O)[C@@H](C)O. The Morgan fingerprint density at radius 3 is 1.88 bits per heavy atom. The number of carbonyl (C=O) groups is 5. The Labute approximate surface area is 149 Å². The van der Waals surface area contributed by atoms with Gasteiger partial charge in [0.1, 0.15) is 18.6 Å². The Morgan fingerprint density at radius 2 is 1.42 bits per heavy atom.